The van der Waals surface area contributed by atoms with Gasteiger partial charge in [0.1, 0.15) is 23.8 Å². The highest BCUT2D eigenvalue weighted by atomic mass is 16.1. The molecule has 140 valence electrons. The largest absolute Gasteiger partial charge is 0.374 e. The number of carbonyl (C=O) groups excluding carboxylic acids is 1. The van der Waals surface area contributed by atoms with E-state index in [9.17, 15) is 4.79 Å². The number of benzene rings is 2. The van der Waals surface area contributed by atoms with E-state index in [0.29, 0.717) is 0 Å². The van der Waals surface area contributed by atoms with Gasteiger partial charge in [-0.25, -0.2) is 14.5 Å². The van der Waals surface area contributed by atoms with Crippen LogP contribution in [0.25, 0.3) is 11.4 Å². The fraction of sp³-hybridized carbons (Fsp3) is 0.304. The molecule has 0 aliphatic heterocycles. The van der Waals surface area contributed by atoms with Gasteiger partial charge in [-0.05, 0) is 63.8 Å². The van der Waals surface area contributed by atoms with E-state index in [4.69, 9.17) is 0 Å². The maximum absolute atomic E-state index is 12.0. The zero-order valence-corrected chi connectivity index (χ0v) is 17.3. The quantitative estimate of drug-likeness (QED) is 0.681. The van der Waals surface area contributed by atoms with Gasteiger partial charge in [0.05, 0.1) is 0 Å². The smallest absolute Gasteiger partial charge is 0.257 e. The molecule has 0 radical (unpaired) electrons. The molecule has 0 bridgehead atoms. The molecule has 0 saturated heterocycles. The van der Waals surface area contributed by atoms with Crippen LogP contribution >= 0.6 is 0 Å². The summed E-state index contributed by atoms with van der Waals surface area (Å²) in [6.45, 7) is 14.2. The molecule has 0 aliphatic rings. The zero-order valence-electron chi connectivity index (χ0n) is 17.3. The molecule has 1 heterocycles. The second-order valence-electron chi connectivity index (χ2n) is 7.54. The second-order valence-corrected chi connectivity index (χ2v) is 7.54. The van der Waals surface area contributed by atoms with Crippen molar-refractivity contribution in [2.45, 2.75) is 48.5 Å². The van der Waals surface area contributed by atoms with Crippen LogP contribution in [0.15, 0.2) is 36.7 Å². The monoisotopic (exact) mass is 362 g/mol. The van der Waals surface area contributed by atoms with E-state index in [0.717, 1.165) is 17.3 Å². The summed E-state index contributed by atoms with van der Waals surface area (Å²) >= 11 is 0. The average molecular weight is 362 g/mol. The molecule has 4 nitrogen and oxygen atoms in total. The predicted octanol–water partition coefficient (Wildman–Crippen LogP) is 4.56. The molecule has 0 saturated carbocycles. The molecule has 2 aromatic carbocycles. The highest BCUT2D eigenvalue weighted by Crippen LogP contribution is 2.25. The second kappa shape index (κ2) is 7.03. The van der Waals surface area contributed by atoms with E-state index in [1.807, 2.05) is 12.4 Å². The van der Waals surface area contributed by atoms with E-state index < -0.39 is 0 Å². The summed E-state index contributed by atoms with van der Waals surface area (Å²) in [7, 11) is 0. The van der Waals surface area contributed by atoms with Crippen molar-refractivity contribution in [3.63, 3.8) is 0 Å². The highest BCUT2D eigenvalue weighted by molar-refractivity contribution is 5.86. The van der Waals surface area contributed by atoms with Crippen LogP contribution in [0.2, 0.25) is 0 Å². The van der Waals surface area contributed by atoms with Gasteiger partial charge in [0.15, 0.2) is 0 Å². The fourth-order valence-electron chi connectivity index (χ4n) is 4.13. The molecule has 1 N–H and O–H groups in total. The van der Waals surface area contributed by atoms with Crippen molar-refractivity contribution in [3.8, 4) is 11.4 Å². The Morgan fingerprint density at radius 3 is 1.81 bits per heavy atom. The van der Waals surface area contributed by atoms with Gasteiger partial charge in [-0.3, -0.25) is 4.79 Å². The van der Waals surface area contributed by atoms with Crippen LogP contribution < -0.4 is 9.88 Å². The van der Waals surface area contributed by atoms with Gasteiger partial charge >= 0.3 is 5.95 Å². The first-order valence-electron chi connectivity index (χ1n) is 9.26. The van der Waals surface area contributed by atoms with Crippen molar-refractivity contribution < 1.29 is 9.36 Å². The number of aromatic nitrogens is 2. The molecule has 27 heavy (non-hydrogen) atoms. The molecular formula is C23H28N3O+. The number of anilines is 1. The lowest BCUT2D eigenvalue weighted by Gasteiger charge is -2.13. The minimum atomic E-state index is -0.0893. The number of aryl methyl sites for hydroxylation is 6. The van der Waals surface area contributed by atoms with Crippen molar-refractivity contribution >= 4 is 11.9 Å². The number of rotatable bonds is 3. The first kappa shape index (κ1) is 18.9. The van der Waals surface area contributed by atoms with Gasteiger partial charge in [0, 0.05) is 6.92 Å². The Labute approximate surface area is 161 Å². The number of hydrogen-bond acceptors (Lipinski definition) is 1. The molecule has 0 unspecified atom stereocenters. The van der Waals surface area contributed by atoms with Crippen LogP contribution in [0.5, 0.6) is 0 Å². The molecule has 1 aromatic heterocycles. The molecule has 3 rings (SSSR count). The van der Waals surface area contributed by atoms with E-state index >= 15 is 0 Å². The van der Waals surface area contributed by atoms with E-state index in [1.54, 1.807) is 6.92 Å². The summed E-state index contributed by atoms with van der Waals surface area (Å²) < 4.78 is 4.15. The number of amides is 1. The Hall–Kier alpha value is -2.88. The lowest BCUT2D eigenvalue weighted by molar-refractivity contribution is -0.580. The van der Waals surface area contributed by atoms with E-state index in [2.05, 4.69) is 80.3 Å². The topological polar surface area (TPSA) is 37.9 Å². The molecule has 3 aromatic rings. The van der Waals surface area contributed by atoms with E-state index in [-0.39, 0.29) is 5.91 Å². The highest BCUT2D eigenvalue weighted by Gasteiger charge is 2.25. The van der Waals surface area contributed by atoms with Crippen LogP contribution in [0.4, 0.5) is 5.95 Å². The van der Waals surface area contributed by atoms with Crippen molar-refractivity contribution in [2.75, 3.05) is 5.32 Å². The van der Waals surface area contributed by atoms with Crippen molar-refractivity contribution in [1.82, 2.24) is 4.57 Å². The predicted molar refractivity (Wildman–Crippen MR) is 110 cm³/mol. The normalized spacial score (nSPS) is 10.9. The Balaban J connectivity index is 2.30. The average Bonchev–Trinajstić information content (AvgIpc) is 2.88. The first-order valence-corrected chi connectivity index (χ1v) is 9.26. The lowest BCUT2D eigenvalue weighted by atomic mass is 10.0. The minimum Gasteiger partial charge on any atom is -0.257 e. The first-order chi connectivity index (χ1) is 12.7. The summed E-state index contributed by atoms with van der Waals surface area (Å²) in [6.07, 6.45) is 4.04. The van der Waals surface area contributed by atoms with Crippen LogP contribution in [0.1, 0.15) is 40.3 Å². The standard InChI is InChI=1S/C23H27N3O/c1-14-10-16(3)21(17(4)11-14)25-8-9-26(23(25)24-20(7)27)22-18(5)12-15(2)13-19(22)6/h8-13H,1-7H3/p+1. The molecule has 0 spiro atoms. The summed E-state index contributed by atoms with van der Waals surface area (Å²) in [5, 5.41) is 3.04. The van der Waals surface area contributed by atoms with Gasteiger partial charge in [0.25, 0.3) is 5.91 Å². The molecular weight excluding hydrogens is 334 g/mol. The minimum absolute atomic E-state index is 0.0893. The number of carbonyl (C=O) groups is 1. The number of imidazole rings is 1. The Morgan fingerprint density at radius 2 is 1.33 bits per heavy atom. The summed E-state index contributed by atoms with van der Waals surface area (Å²) in [6, 6.07) is 8.69. The van der Waals surface area contributed by atoms with Gasteiger partial charge in [-0.2, -0.15) is 0 Å². The molecule has 0 fully saturated rings. The molecule has 0 atom stereocenters. The molecule has 0 aliphatic carbocycles. The number of hydrogen-bond donors (Lipinski definition) is 1. The van der Waals surface area contributed by atoms with Crippen molar-refractivity contribution in [3.05, 3.63) is 70.0 Å². The Kier molecular flexibility index (Phi) is 4.92. The fourth-order valence-corrected chi connectivity index (χ4v) is 4.13. The Bertz CT molecular complexity index is 923. The van der Waals surface area contributed by atoms with Gasteiger partial charge < -0.3 is 0 Å². The van der Waals surface area contributed by atoms with Gasteiger partial charge in [-0.1, -0.05) is 35.4 Å². The van der Waals surface area contributed by atoms with Crippen LogP contribution in [0, 0.1) is 41.5 Å². The van der Waals surface area contributed by atoms with Crippen molar-refractivity contribution in [2.24, 2.45) is 0 Å². The third-order valence-electron chi connectivity index (χ3n) is 4.86. The maximum atomic E-state index is 12.0. The number of nitrogens with zero attached hydrogens (tertiary/aromatic N) is 2. The summed E-state index contributed by atoms with van der Waals surface area (Å²) in [4.78, 5) is 12.0. The van der Waals surface area contributed by atoms with Crippen molar-refractivity contribution in [1.29, 1.82) is 0 Å². The Morgan fingerprint density at radius 1 is 0.852 bits per heavy atom. The van der Waals surface area contributed by atoms with Gasteiger partial charge in [0.2, 0.25) is 0 Å². The third kappa shape index (κ3) is 3.52. The summed E-state index contributed by atoms with van der Waals surface area (Å²) in [5.74, 6) is 0.654. The third-order valence-corrected chi connectivity index (χ3v) is 4.86. The van der Waals surface area contributed by atoms with Crippen LogP contribution in [-0.4, -0.2) is 10.5 Å². The molecule has 4 heteroatoms. The van der Waals surface area contributed by atoms with Crippen LogP contribution in [-0.2, 0) is 4.79 Å². The summed E-state index contributed by atoms with van der Waals surface area (Å²) in [5.41, 5.74) is 9.40. The number of nitrogens with one attached hydrogen (secondary N) is 1. The van der Waals surface area contributed by atoms with Crippen LogP contribution in [0.3, 0.4) is 0 Å². The van der Waals surface area contributed by atoms with Gasteiger partial charge in [-0.15, -0.1) is 0 Å². The zero-order chi connectivity index (χ0) is 19.9. The van der Waals surface area contributed by atoms with E-state index in [1.165, 1.54) is 33.4 Å². The lowest BCUT2D eigenvalue weighted by Crippen LogP contribution is -2.36. The SMILES string of the molecule is CC(=O)Nc1n(-c2c(C)cc(C)cc2C)cc[n+]1-c1c(C)cc(C)cc1C. The maximum Gasteiger partial charge on any atom is 0.374 e. The molecule has 1 amide bonds.